The minimum Gasteiger partial charge on any atom is -0.814 e. The third-order valence-electron chi connectivity index (χ3n) is 2.67. The largest absolute Gasteiger partial charge is 0.814 e. The Morgan fingerprint density at radius 2 is 1.13 bits per heavy atom. The van der Waals surface area contributed by atoms with Gasteiger partial charge in [0.1, 0.15) is 0 Å². The Morgan fingerprint density at radius 1 is 0.826 bits per heavy atom. The molecule has 0 spiro atoms. The first-order valence-corrected chi connectivity index (χ1v) is 9.05. The molecule has 0 radical (unpaired) electrons. The van der Waals surface area contributed by atoms with E-state index < -0.39 is 7.92 Å². The Morgan fingerprint density at radius 3 is 1.39 bits per heavy atom. The molecule has 0 unspecified atom stereocenters. The van der Waals surface area contributed by atoms with Crippen LogP contribution in [0.5, 0.6) is 0 Å². The van der Waals surface area contributed by atoms with Gasteiger partial charge in [0.2, 0.25) is 0 Å². The Kier molecular flexibility index (Phi) is 18.1. The molecule has 0 atom stereocenters. The van der Waals surface area contributed by atoms with Crippen LogP contribution in [0.15, 0.2) is 60.7 Å². The van der Waals surface area contributed by atoms with Crippen LogP contribution >= 0.6 is 7.92 Å². The van der Waals surface area contributed by atoms with Crippen molar-refractivity contribution in [3.05, 3.63) is 78.4 Å². The molecule has 0 fully saturated rings. The smallest absolute Gasteiger partial charge is 0.0965 e. The SMILES string of the molecule is CC=[N-].CC=[N-].[CH2-]CC[PH+](c1ccccc1)c1ccccc1.[Pd]. The number of nitrogens with zero attached hydrogens (tertiary/aromatic N) is 2. The molecule has 0 N–H and O–H groups in total. The van der Waals surface area contributed by atoms with Gasteiger partial charge in [0, 0.05) is 26.6 Å². The van der Waals surface area contributed by atoms with E-state index in [4.69, 9.17) is 10.8 Å². The molecule has 2 aromatic carbocycles. The summed E-state index contributed by atoms with van der Waals surface area (Å²) in [5, 5.41) is 17.9. The molecule has 0 aliphatic rings. The number of rotatable bonds is 4. The van der Waals surface area contributed by atoms with Gasteiger partial charge in [0.05, 0.1) is 18.5 Å². The van der Waals surface area contributed by atoms with Crippen molar-refractivity contribution in [1.82, 2.24) is 0 Å². The predicted molar refractivity (Wildman–Crippen MR) is 106 cm³/mol. The zero-order valence-electron chi connectivity index (χ0n) is 13.8. The second-order valence-corrected chi connectivity index (χ2v) is 6.94. The molecule has 0 saturated heterocycles. The van der Waals surface area contributed by atoms with Gasteiger partial charge in [0.25, 0.3) is 0 Å². The molecule has 2 rings (SSSR count). The average molecular weight is 419 g/mol. The Balaban J connectivity index is 0. The van der Waals surface area contributed by atoms with Gasteiger partial charge in [-0.3, -0.25) is 0 Å². The topological polar surface area (TPSA) is 44.6 Å². The normalized spacial score (nSPS) is 8.52. The van der Waals surface area contributed by atoms with Crippen molar-refractivity contribution in [2.75, 3.05) is 6.16 Å². The summed E-state index contributed by atoms with van der Waals surface area (Å²) in [6.45, 7) is 7.11. The molecule has 0 aliphatic heterocycles. The summed E-state index contributed by atoms with van der Waals surface area (Å²) >= 11 is 0. The second kappa shape index (κ2) is 17.2. The van der Waals surface area contributed by atoms with E-state index in [-0.39, 0.29) is 20.4 Å². The van der Waals surface area contributed by atoms with E-state index in [1.54, 1.807) is 13.8 Å². The summed E-state index contributed by atoms with van der Waals surface area (Å²) in [4.78, 5) is 0. The van der Waals surface area contributed by atoms with Crippen LogP contribution in [0.3, 0.4) is 0 Å². The number of hydrogen-bond donors (Lipinski definition) is 0. The van der Waals surface area contributed by atoms with Gasteiger partial charge in [-0.2, -0.15) is 0 Å². The van der Waals surface area contributed by atoms with Gasteiger partial charge in [-0.25, -0.2) is 12.4 Å². The van der Waals surface area contributed by atoms with Crippen LogP contribution in [0.2, 0.25) is 0 Å². The monoisotopic (exact) mass is 418 g/mol. The van der Waals surface area contributed by atoms with E-state index in [1.165, 1.54) is 16.8 Å². The minimum atomic E-state index is -0.613. The van der Waals surface area contributed by atoms with E-state index >= 15 is 0 Å². The number of benzene rings is 2. The van der Waals surface area contributed by atoms with Crippen LogP contribution < -0.4 is 10.6 Å². The Hall–Kier alpha value is -1.13. The third kappa shape index (κ3) is 11.1. The molecule has 2 nitrogen and oxygen atoms in total. The van der Waals surface area contributed by atoms with Crippen molar-refractivity contribution in [3.8, 4) is 0 Å². The molecule has 0 aliphatic carbocycles. The van der Waals surface area contributed by atoms with Gasteiger partial charge in [0.15, 0.2) is 0 Å². The quantitative estimate of drug-likeness (QED) is 0.306. The summed E-state index contributed by atoms with van der Waals surface area (Å²) in [5.41, 5.74) is 0. The first-order chi connectivity index (χ1) is 10.7. The van der Waals surface area contributed by atoms with E-state index in [9.17, 15) is 0 Å². The fourth-order valence-corrected chi connectivity index (χ4v) is 4.36. The molecule has 0 bridgehead atoms. The summed E-state index contributed by atoms with van der Waals surface area (Å²) in [6.07, 6.45) is 4.22. The molecule has 0 heterocycles. The van der Waals surface area contributed by atoms with Crippen LogP contribution in [0.25, 0.3) is 10.8 Å². The van der Waals surface area contributed by atoms with Crippen molar-refractivity contribution in [2.45, 2.75) is 20.3 Å². The van der Waals surface area contributed by atoms with Crippen LogP contribution in [0, 0.1) is 6.92 Å². The zero-order valence-corrected chi connectivity index (χ0v) is 16.3. The van der Waals surface area contributed by atoms with Gasteiger partial charge < -0.3 is 17.7 Å². The maximum absolute atomic E-state index is 7.44. The molecule has 23 heavy (non-hydrogen) atoms. The van der Waals surface area contributed by atoms with Crippen molar-refractivity contribution < 1.29 is 20.4 Å². The first-order valence-electron chi connectivity index (χ1n) is 7.35. The van der Waals surface area contributed by atoms with E-state index in [0.717, 1.165) is 18.9 Å². The summed E-state index contributed by atoms with van der Waals surface area (Å²) in [6, 6.07) is 21.7. The zero-order chi connectivity index (χ0) is 16.6. The van der Waals surface area contributed by atoms with E-state index in [1.807, 2.05) is 0 Å². The molecular weight excluding hydrogens is 394 g/mol. The molecule has 0 saturated carbocycles. The predicted octanol–water partition coefficient (Wildman–Crippen LogP) is 4.37. The van der Waals surface area contributed by atoms with Gasteiger partial charge in [-0.15, -0.1) is 6.42 Å². The Labute approximate surface area is 156 Å². The Bertz CT molecular complexity index is 458. The van der Waals surface area contributed by atoms with Crippen molar-refractivity contribution in [1.29, 1.82) is 0 Å². The molecule has 0 aromatic heterocycles. The third-order valence-corrected chi connectivity index (χ3v) is 5.59. The standard InChI is InChI=1S/C15H16P.2C2H4N.Pd/c1-2-13-16(14-9-5-3-6-10-14)15-11-7-4-8-12-15;2*1-2-3;/h3-12H,1-2,13H2;2*2H,1H3;/q3*-1;/p+1. The summed E-state index contributed by atoms with van der Waals surface area (Å²) in [7, 11) is -0.613. The minimum absolute atomic E-state index is 0. The molecule has 0 amide bonds. The van der Waals surface area contributed by atoms with Crippen LogP contribution in [0.4, 0.5) is 0 Å². The molecular formula is C19H25N2PPd-2. The summed E-state index contributed by atoms with van der Waals surface area (Å²) in [5.74, 6) is 0. The summed E-state index contributed by atoms with van der Waals surface area (Å²) < 4.78 is 0. The van der Waals surface area contributed by atoms with Gasteiger partial charge in [-0.05, 0) is 24.3 Å². The van der Waals surface area contributed by atoms with Crippen molar-refractivity contribution in [2.24, 2.45) is 0 Å². The first kappa shape index (κ1) is 24.1. The fraction of sp³-hybridized carbons (Fsp3) is 0.211. The maximum Gasteiger partial charge on any atom is 0.0965 e. The maximum atomic E-state index is 7.44. The van der Waals surface area contributed by atoms with Crippen molar-refractivity contribution >= 4 is 31.0 Å². The number of hydrogen-bond acceptors (Lipinski definition) is 0. The van der Waals surface area contributed by atoms with Crippen molar-refractivity contribution in [3.63, 3.8) is 0 Å². The van der Waals surface area contributed by atoms with Crippen LogP contribution in [-0.4, -0.2) is 18.6 Å². The molecule has 4 heteroatoms. The molecule has 2 aromatic rings. The van der Waals surface area contributed by atoms with E-state index in [2.05, 4.69) is 67.6 Å². The van der Waals surface area contributed by atoms with E-state index in [0.29, 0.717) is 0 Å². The van der Waals surface area contributed by atoms with Crippen LogP contribution in [-0.2, 0) is 20.4 Å². The molecule has 128 valence electrons. The fourth-order valence-electron chi connectivity index (χ4n) is 1.91. The second-order valence-electron chi connectivity index (χ2n) is 4.33. The van der Waals surface area contributed by atoms with Crippen LogP contribution in [0.1, 0.15) is 20.3 Å². The van der Waals surface area contributed by atoms with Gasteiger partial charge in [-0.1, -0.05) is 50.2 Å². The van der Waals surface area contributed by atoms with Gasteiger partial charge >= 0.3 is 0 Å². The average Bonchev–Trinajstić information content (AvgIpc) is 2.56.